The van der Waals surface area contributed by atoms with E-state index in [-0.39, 0.29) is 29.6 Å². The SMILES string of the molecule is COc1ccc2c(c1)O[C@]1(C[C@H]3CC[C@H]1C[C@@H]3C(=O)N[C@H]1CN3CCC1CC3)NC2=O. The summed E-state index contributed by atoms with van der Waals surface area (Å²) in [6.07, 6.45) is 5.87. The Morgan fingerprint density at radius 2 is 2.06 bits per heavy atom. The molecule has 8 rings (SSSR count). The maximum absolute atomic E-state index is 13.3. The van der Waals surface area contributed by atoms with Crippen LogP contribution in [0.3, 0.4) is 0 Å². The third-order valence-electron chi connectivity index (χ3n) is 8.59. The highest BCUT2D eigenvalue weighted by Gasteiger charge is 2.57. The lowest BCUT2D eigenvalue weighted by atomic mass is 9.59. The highest BCUT2D eigenvalue weighted by Crippen LogP contribution is 2.52. The van der Waals surface area contributed by atoms with Crippen LogP contribution in [-0.2, 0) is 4.79 Å². The van der Waals surface area contributed by atoms with Crippen LogP contribution in [0.2, 0.25) is 0 Å². The quantitative estimate of drug-likeness (QED) is 0.776. The van der Waals surface area contributed by atoms with Gasteiger partial charge in [-0.05, 0) is 69.2 Å². The number of fused-ring (bicyclic) bond motifs is 6. The molecule has 2 N–H and O–H groups in total. The lowest BCUT2D eigenvalue weighted by molar-refractivity contribution is -0.148. The van der Waals surface area contributed by atoms with Gasteiger partial charge in [-0.2, -0.15) is 0 Å². The summed E-state index contributed by atoms with van der Waals surface area (Å²) in [4.78, 5) is 28.6. The van der Waals surface area contributed by atoms with E-state index in [0.717, 1.165) is 25.8 Å². The van der Waals surface area contributed by atoms with Crippen molar-refractivity contribution in [2.24, 2.45) is 23.7 Å². The van der Waals surface area contributed by atoms with Gasteiger partial charge in [0, 0.05) is 36.9 Å². The molecule has 1 aromatic rings. The molecule has 7 heteroatoms. The van der Waals surface area contributed by atoms with Gasteiger partial charge in [-0.25, -0.2) is 0 Å². The summed E-state index contributed by atoms with van der Waals surface area (Å²) < 4.78 is 11.8. The molecule has 1 aromatic carbocycles. The molecule has 2 amide bonds. The second-order valence-corrected chi connectivity index (χ2v) is 10.1. The number of benzene rings is 1. The first-order chi connectivity index (χ1) is 15.0. The predicted molar refractivity (Wildman–Crippen MR) is 114 cm³/mol. The zero-order valence-corrected chi connectivity index (χ0v) is 18.1. The van der Waals surface area contributed by atoms with E-state index in [9.17, 15) is 9.59 Å². The Bertz CT molecular complexity index is 912. The van der Waals surface area contributed by atoms with Gasteiger partial charge in [0.2, 0.25) is 5.91 Å². The van der Waals surface area contributed by atoms with Gasteiger partial charge in [-0.3, -0.25) is 9.59 Å². The maximum atomic E-state index is 13.3. The number of rotatable bonds is 3. The van der Waals surface area contributed by atoms with E-state index in [4.69, 9.17) is 9.47 Å². The second kappa shape index (κ2) is 7.12. The number of carbonyl (C=O) groups is 2. The van der Waals surface area contributed by atoms with Gasteiger partial charge in [0.05, 0.1) is 12.7 Å². The van der Waals surface area contributed by atoms with Crippen LogP contribution in [-0.4, -0.2) is 55.2 Å². The molecule has 5 atom stereocenters. The Morgan fingerprint density at radius 1 is 1.23 bits per heavy atom. The third kappa shape index (κ3) is 3.12. The number of ether oxygens (including phenoxy) is 2. The Morgan fingerprint density at radius 3 is 2.74 bits per heavy atom. The molecule has 166 valence electrons. The van der Waals surface area contributed by atoms with Crippen molar-refractivity contribution in [3.8, 4) is 11.5 Å². The molecule has 4 bridgehead atoms. The predicted octanol–water partition coefficient (Wildman–Crippen LogP) is 2.16. The van der Waals surface area contributed by atoms with Gasteiger partial charge in [0.1, 0.15) is 11.5 Å². The fourth-order valence-corrected chi connectivity index (χ4v) is 6.86. The summed E-state index contributed by atoms with van der Waals surface area (Å²) >= 11 is 0. The minimum atomic E-state index is -0.703. The number of methoxy groups -OCH3 is 1. The first-order valence-corrected chi connectivity index (χ1v) is 11.8. The molecule has 4 heterocycles. The van der Waals surface area contributed by atoms with Crippen molar-refractivity contribution < 1.29 is 19.1 Å². The molecule has 7 nitrogen and oxygen atoms in total. The molecule has 1 spiro atoms. The minimum absolute atomic E-state index is 0.0204. The van der Waals surface area contributed by atoms with E-state index in [1.54, 1.807) is 25.3 Å². The molecule has 6 fully saturated rings. The Balaban J connectivity index is 1.19. The summed E-state index contributed by atoms with van der Waals surface area (Å²) in [5, 5.41) is 6.59. The number of hydrogen-bond donors (Lipinski definition) is 2. The zero-order chi connectivity index (χ0) is 21.2. The smallest absolute Gasteiger partial charge is 0.258 e. The van der Waals surface area contributed by atoms with E-state index < -0.39 is 5.72 Å². The van der Waals surface area contributed by atoms with Crippen molar-refractivity contribution in [3.05, 3.63) is 23.8 Å². The molecular formula is C24H31N3O4. The van der Waals surface area contributed by atoms with E-state index in [0.29, 0.717) is 35.4 Å². The van der Waals surface area contributed by atoms with Crippen LogP contribution in [0.4, 0.5) is 0 Å². The number of piperidine rings is 3. The molecule has 4 aliphatic heterocycles. The fraction of sp³-hybridized carbons (Fsp3) is 0.667. The Kier molecular flexibility index (Phi) is 4.46. The normalized spacial score (nSPS) is 40.1. The molecule has 31 heavy (non-hydrogen) atoms. The standard InChI is InChI=1S/C24H31N3O4/c1-30-17-4-5-18-21(11-17)31-24(26-23(18)29)12-15-2-3-16(24)10-19(15)22(28)25-20-13-27-8-6-14(20)7-9-27/h4-5,11,14-16,19-20H,2-3,6-10,12-13H2,1H3,(H,25,28)(H,26,29)/t15-,16+,19+,20+,24+/m1/s1. The number of carbonyl (C=O) groups excluding carboxylic acids is 2. The molecule has 0 radical (unpaired) electrons. The Labute approximate surface area is 182 Å². The molecule has 7 aliphatic rings. The van der Waals surface area contributed by atoms with Gasteiger partial charge in [0.15, 0.2) is 5.72 Å². The largest absolute Gasteiger partial charge is 0.497 e. The van der Waals surface area contributed by atoms with Crippen LogP contribution in [0, 0.1) is 23.7 Å². The van der Waals surface area contributed by atoms with Crippen LogP contribution in [0.25, 0.3) is 0 Å². The van der Waals surface area contributed by atoms with Crippen molar-refractivity contribution in [1.82, 2.24) is 15.5 Å². The topological polar surface area (TPSA) is 79.9 Å². The highest BCUT2D eigenvalue weighted by molar-refractivity contribution is 5.98. The molecule has 3 aliphatic carbocycles. The molecule has 3 saturated heterocycles. The molecular weight excluding hydrogens is 394 g/mol. The first kappa shape index (κ1) is 19.4. The third-order valence-corrected chi connectivity index (χ3v) is 8.59. The van der Waals surface area contributed by atoms with Gasteiger partial charge >= 0.3 is 0 Å². The maximum Gasteiger partial charge on any atom is 0.258 e. The average Bonchev–Trinajstić information content (AvgIpc) is 2.79. The highest BCUT2D eigenvalue weighted by atomic mass is 16.5. The number of amides is 2. The summed E-state index contributed by atoms with van der Waals surface area (Å²) in [5.41, 5.74) is -0.157. The van der Waals surface area contributed by atoms with Crippen LogP contribution in [0.15, 0.2) is 18.2 Å². The van der Waals surface area contributed by atoms with Crippen LogP contribution in [0.1, 0.15) is 48.9 Å². The second-order valence-electron chi connectivity index (χ2n) is 10.1. The molecule has 3 saturated carbocycles. The van der Waals surface area contributed by atoms with Gasteiger partial charge in [-0.1, -0.05) is 0 Å². The zero-order valence-electron chi connectivity index (χ0n) is 18.1. The van der Waals surface area contributed by atoms with Crippen LogP contribution < -0.4 is 20.1 Å². The van der Waals surface area contributed by atoms with Crippen molar-refractivity contribution in [3.63, 3.8) is 0 Å². The lowest BCUT2D eigenvalue weighted by Gasteiger charge is -2.55. The number of hydrogen-bond acceptors (Lipinski definition) is 5. The summed E-state index contributed by atoms with van der Waals surface area (Å²) in [6.45, 7) is 3.35. The van der Waals surface area contributed by atoms with Crippen molar-refractivity contribution in [2.75, 3.05) is 26.7 Å². The van der Waals surface area contributed by atoms with Crippen molar-refractivity contribution in [1.29, 1.82) is 0 Å². The van der Waals surface area contributed by atoms with Gasteiger partial charge in [-0.15, -0.1) is 0 Å². The number of nitrogens with one attached hydrogen (secondary N) is 2. The lowest BCUT2D eigenvalue weighted by Crippen LogP contribution is -2.67. The summed E-state index contributed by atoms with van der Waals surface area (Å²) in [7, 11) is 1.61. The van der Waals surface area contributed by atoms with E-state index in [1.807, 2.05) is 0 Å². The van der Waals surface area contributed by atoms with Gasteiger partial charge in [0.25, 0.3) is 5.91 Å². The van der Waals surface area contributed by atoms with E-state index in [2.05, 4.69) is 15.5 Å². The summed E-state index contributed by atoms with van der Waals surface area (Å²) in [6, 6.07) is 5.63. The number of nitrogens with zero attached hydrogens (tertiary/aromatic N) is 1. The first-order valence-electron chi connectivity index (χ1n) is 11.8. The minimum Gasteiger partial charge on any atom is -0.497 e. The van der Waals surface area contributed by atoms with E-state index >= 15 is 0 Å². The van der Waals surface area contributed by atoms with Crippen molar-refractivity contribution >= 4 is 11.8 Å². The monoisotopic (exact) mass is 425 g/mol. The van der Waals surface area contributed by atoms with Crippen LogP contribution in [0.5, 0.6) is 11.5 Å². The van der Waals surface area contributed by atoms with Crippen LogP contribution >= 0.6 is 0 Å². The molecule has 0 unspecified atom stereocenters. The molecule has 0 aromatic heterocycles. The van der Waals surface area contributed by atoms with Crippen molar-refractivity contribution in [2.45, 2.75) is 50.3 Å². The average molecular weight is 426 g/mol. The summed E-state index contributed by atoms with van der Waals surface area (Å²) in [5.74, 6) is 2.42. The van der Waals surface area contributed by atoms with Gasteiger partial charge < -0.3 is 25.0 Å². The van der Waals surface area contributed by atoms with E-state index in [1.165, 1.54) is 25.9 Å². The fourth-order valence-electron chi connectivity index (χ4n) is 6.86. The Hall–Kier alpha value is -2.28.